The zero-order valence-electron chi connectivity index (χ0n) is 9.94. The molecule has 0 aliphatic heterocycles. The minimum atomic E-state index is -1.15. The Morgan fingerprint density at radius 1 is 1.56 bits per heavy atom. The van der Waals surface area contributed by atoms with E-state index in [0.717, 1.165) is 0 Å². The predicted octanol–water partition coefficient (Wildman–Crippen LogP) is -0.385. The summed E-state index contributed by atoms with van der Waals surface area (Å²) in [7, 11) is 0. The Kier molecular flexibility index (Phi) is 7.74. The van der Waals surface area contributed by atoms with Crippen molar-refractivity contribution in [3.63, 3.8) is 0 Å². The number of aliphatic carboxylic acids is 1. The van der Waals surface area contributed by atoms with Gasteiger partial charge in [0.2, 0.25) is 0 Å². The molecule has 0 fully saturated rings. The van der Waals surface area contributed by atoms with Crippen LogP contribution in [0, 0.1) is 5.41 Å². The zero-order chi connectivity index (χ0) is 14.0. The van der Waals surface area contributed by atoms with Crippen molar-refractivity contribution in [1.29, 1.82) is 5.41 Å². The number of nitrogens with two attached hydrogens (primary N) is 1. The number of hydrogen-bond acceptors (Lipinski definition) is 4. The van der Waals surface area contributed by atoms with Crippen LogP contribution in [0.2, 0.25) is 0 Å². The van der Waals surface area contributed by atoms with E-state index in [1.54, 1.807) is 0 Å². The van der Waals surface area contributed by atoms with Gasteiger partial charge in [0.05, 0.1) is 0 Å². The van der Waals surface area contributed by atoms with E-state index >= 15 is 0 Å². The van der Waals surface area contributed by atoms with Crippen LogP contribution in [0.3, 0.4) is 0 Å². The average molecular weight is 258 g/mol. The second kappa shape index (κ2) is 8.85. The fourth-order valence-electron chi connectivity index (χ4n) is 1.11. The first-order chi connectivity index (χ1) is 8.47. The van der Waals surface area contributed by atoms with Crippen LogP contribution in [-0.4, -0.2) is 42.3 Å². The van der Waals surface area contributed by atoms with Gasteiger partial charge in [-0.05, 0) is 12.8 Å². The summed E-state index contributed by atoms with van der Waals surface area (Å²) in [5.74, 6) is -1.33. The van der Waals surface area contributed by atoms with Gasteiger partial charge in [0, 0.05) is 6.54 Å². The SMILES string of the molecule is C=CCOC(=O)N[C@@H](CCCNC(=N)N)C(=O)O. The lowest BCUT2D eigenvalue weighted by Gasteiger charge is -2.14. The number of guanidine groups is 1. The van der Waals surface area contributed by atoms with Crippen LogP contribution < -0.4 is 16.4 Å². The Bertz CT molecular complexity index is 319. The van der Waals surface area contributed by atoms with Crippen LogP contribution >= 0.6 is 0 Å². The highest BCUT2D eigenvalue weighted by Crippen LogP contribution is 1.98. The molecule has 0 saturated heterocycles. The van der Waals surface area contributed by atoms with E-state index in [1.807, 2.05) is 0 Å². The van der Waals surface area contributed by atoms with Crippen LogP contribution in [0.4, 0.5) is 4.79 Å². The third-order valence-electron chi connectivity index (χ3n) is 1.91. The van der Waals surface area contributed by atoms with Crippen molar-refractivity contribution in [2.45, 2.75) is 18.9 Å². The van der Waals surface area contributed by atoms with Gasteiger partial charge in [-0.15, -0.1) is 0 Å². The van der Waals surface area contributed by atoms with Crippen molar-refractivity contribution < 1.29 is 19.4 Å². The van der Waals surface area contributed by atoms with Crippen molar-refractivity contribution in [2.75, 3.05) is 13.2 Å². The van der Waals surface area contributed by atoms with E-state index in [4.69, 9.17) is 16.2 Å². The molecule has 0 spiro atoms. The molecule has 1 amide bonds. The first kappa shape index (κ1) is 15.8. The van der Waals surface area contributed by atoms with E-state index in [-0.39, 0.29) is 19.0 Å². The second-order valence-corrected chi connectivity index (χ2v) is 3.40. The molecule has 0 radical (unpaired) electrons. The standard InChI is InChI=1S/C10H18N4O4/c1-2-6-18-10(17)14-7(8(15)16)4-3-5-13-9(11)12/h2,7H,1,3-6H2,(H,14,17)(H,15,16)(H4,11,12,13)/t7-/m0/s1. The molecule has 8 heteroatoms. The number of hydrogen-bond donors (Lipinski definition) is 5. The van der Waals surface area contributed by atoms with Crippen LogP contribution in [0.25, 0.3) is 0 Å². The summed E-state index contributed by atoms with van der Waals surface area (Å²) in [6.07, 6.45) is 1.23. The Labute approximate surface area is 105 Å². The van der Waals surface area contributed by atoms with Gasteiger partial charge in [-0.2, -0.15) is 0 Å². The van der Waals surface area contributed by atoms with Gasteiger partial charge >= 0.3 is 12.1 Å². The lowest BCUT2D eigenvalue weighted by atomic mass is 10.1. The number of carboxylic acids is 1. The van der Waals surface area contributed by atoms with Gasteiger partial charge in [-0.25, -0.2) is 9.59 Å². The molecule has 0 rings (SSSR count). The van der Waals surface area contributed by atoms with E-state index in [0.29, 0.717) is 13.0 Å². The van der Waals surface area contributed by atoms with Crippen molar-refractivity contribution >= 4 is 18.0 Å². The van der Waals surface area contributed by atoms with Crippen LogP contribution in [0.5, 0.6) is 0 Å². The fourth-order valence-corrected chi connectivity index (χ4v) is 1.11. The number of carbonyl (C=O) groups is 2. The quantitative estimate of drug-likeness (QED) is 0.174. The molecular formula is C10H18N4O4. The molecule has 6 N–H and O–H groups in total. The van der Waals surface area contributed by atoms with Crippen LogP contribution in [-0.2, 0) is 9.53 Å². The zero-order valence-corrected chi connectivity index (χ0v) is 9.94. The van der Waals surface area contributed by atoms with E-state index in [1.165, 1.54) is 6.08 Å². The summed E-state index contributed by atoms with van der Waals surface area (Å²) in [4.78, 5) is 22.0. The minimum Gasteiger partial charge on any atom is -0.480 e. The molecule has 1 atom stereocenters. The van der Waals surface area contributed by atoms with E-state index < -0.39 is 18.1 Å². The molecule has 0 aromatic heterocycles. The molecule has 102 valence electrons. The molecule has 18 heavy (non-hydrogen) atoms. The topological polar surface area (TPSA) is 138 Å². The Balaban J connectivity index is 3.99. The molecule has 0 unspecified atom stereocenters. The van der Waals surface area contributed by atoms with Gasteiger partial charge in [0.15, 0.2) is 5.96 Å². The molecule has 0 aromatic carbocycles. The smallest absolute Gasteiger partial charge is 0.408 e. The maximum atomic E-state index is 11.1. The average Bonchev–Trinajstić information content (AvgIpc) is 2.29. The summed E-state index contributed by atoms with van der Waals surface area (Å²) < 4.78 is 4.62. The number of amides is 1. The number of carbonyl (C=O) groups excluding carboxylic acids is 1. The maximum Gasteiger partial charge on any atom is 0.408 e. The van der Waals surface area contributed by atoms with Crippen LogP contribution in [0.1, 0.15) is 12.8 Å². The van der Waals surface area contributed by atoms with Gasteiger partial charge in [-0.3, -0.25) is 5.41 Å². The number of ether oxygens (including phenoxy) is 1. The molecule has 0 bridgehead atoms. The number of carboxylic acid groups (broad SMARTS) is 1. The summed E-state index contributed by atoms with van der Waals surface area (Å²) in [5, 5.41) is 20.5. The molecule has 0 saturated carbocycles. The summed E-state index contributed by atoms with van der Waals surface area (Å²) in [6.45, 7) is 3.74. The predicted molar refractivity (Wildman–Crippen MR) is 65.3 cm³/mol. The van der Waals surface area contributed by atoms with Gasteiger partial charge in [0.1, 0.15) is 12.6 Å². The van der Waals surface area contributed by atoms with E-state index in [9.17, 15) is 9.59 Å². The highest BCUT2D eigenvalue weighted by Gasteiger charge is 2.19. The van der Waals surface area contributed by atoms with Crippen molar-refractivity contribution in [2.24, 2.45) is 5.73 Å². The third kappa shape index (κ3) is 7.97. The number of rotatable bonds is 8. The first-order valence-electron chi connectivity index (χ1n) is 5.32. The van der Waals surface area contributed by atoms with Gasteiger partial charge in [-0.1, -0.05) is 12.7 Å². The first-order valence-corrected chi connectivity index (χ1v) is 5.32. The Hall–Kier alpha value is -2.25. The van der Waals surface area contributed by atoms with Gasteiger partial charge < -0.3 is 26.2 Å². The minimum absolute atomic E-state index is 0.0179. The monoisotopic (exact) mass is 258 g/mol. The number of alkyl carbamates (subject to hydrolysis) is 1. The lowest BCUT2D eigenvalue weighted by molar-refractivity contribution is -0.139. The summed E-state index contributed by atoms with van der Waals surface area (Å²) in [5.41, 5.74) is 5.06. The summed E-state index contributed by atoms with van der Waals surface area (Å²) >= 11 is 0. The molecule has 0 aliphatic carbocycles. The highest BCUT2D eigenvalue weighted by molar-refractivity contribution is 5.79. The molecule has 8 nitrogen and oxygen atoms in total. The van der Waals surface area contributed by atoms with Crippen molar-refractivity contribution in [3.8, 4) is 0 Å². The molecule has 0 aliphatic rings. The van der Waals surface area contributed by atoms with Crippen molar-refractivity contribution in [3.05, 3.63) is 12.7 Å². The maximum absolute atomic E-state index is 11.1. The molecular weight excluding hydrogens is 240 g/mol. The Morgan fingerprint density at radius 2 is 2.22 bits per heavy atom. The highest BCUT2D eigenvalue weighted by atomic mass is 16.5. The van der Waals surface area contributed by atoms with Gasteiger partial charge in [0.25, 0.3) is 0 Å². The van der Waals surface area contributed by atoms with Crippen LogP contribution in [0.15, 0.2) is 12.7 Å². The van der Waals surface area contributed by atoms with E-state index in [2.05, 4.69) is 21.9 Å². The second-order valence-electron chi connectivity index (χ2n) is 3.40. The largest absolute Gasteiger partial charge is 0.480 e. The Morgan fingerprint density at radius 3 is 2.72 bits per heavy atom. The fraction of sp³-hybridized carbons (Fsp3) is 0.500. The van der Waals surface area contributed by atoms with Crippen molar-refractivity contribution in [1.82, 2.24) is 10.6 Å². The summed E-state index contributed by atoms with van der Waals surface area (Å²) in [6, 6.07) is -1.03. The lowest BCUT2D eigenvalue weighted by Crippen LogP contribution is -2.41. The normalized spacial score (nSPS) is 11.1. The molecule has 0 aromatic rings. The number of nitrogens with one attached hydrogen (secondary N) is 3. The third-order valence-corrected chi connectivity index (χ3v) is 1.91. The molecule has 0 heterocycles.